The van der Waals surface area contributed by atoms with Gasteiger partial charge in [-0.25, -0.2) is 0 Å². The molecule has 0 aliphatic carbocycles. The van der Waals surface area contributed by atoms with Crippen LogP contribution in [-0.2, 0) is 12.3 Å². The summed E-state index contributed by atoms with van der Waals surface area (Å²) in [5.74, 6) is -4.82. The first kappa shape index (κ1) is 13.9. The van der Waals surface area contributed by atoms with E-state index in [4.69, 9.17) is 5.73 Å². The molecule has 1 aromatic rings. The van der Waals surface area contributed by atoms with Gasteiger partial charge in [0.1, 0.15) is 0 Å². The number of hydrogen-bond acceptors (Lipinski definition) is 1. The average molecular weight is 253 g/mol. The molecule has 17 heavy (non-hydrogen) atoms. The van der Waals surface area contributed by atoms with Crippen molar-refractivity contribution in [1.29, 1.82) is 0 Å². The molecule has 1 nitrogen and oxygen atoms in total. The summed E-state index contributed by atoms with van der Waals surface area (Å²) in [6.07, 6.45) is -5.15. The number of rotatable bonds is 3. The van der Waals surface area contributed by atoms with E-state index < -0.39 is 17.7 Å². The molecule has 0 bridgehead atoms. The summed E-state index contributed by atoms with van der Waals surface area (Å²) in [5, 5.41) is 0. The van der Waals surface area contributed by atoms with Crippen molar-refractivity contribution in [3.8, 4) is 0 Å². The van der Waals surface area contributed by atoms with Gasteiger partial charge in [-0.15, -0.1) is 0 Å². The molecule has 1 unspecified atom stereocenters. The summed E-state index contributed by atoms with van der Waals surface area (Å²) in [5.41, 5.74) is 5.06. The number of hydrogen-bond donors (Lipinski definition) is 1. The highest BCUT2D eigenvalue weighted by Crippen LogP contribution is 2.43. The average Bonchev–Trinajstić information content (AvgIpc) is 2.15. The largest absolute Gasteiger partial charge is 0.458 e. The third kappa shape index (κ3) is 3.15. The Balaban J connectivity index is 2.95. The molecule has 0 aliphatic rings. The van der Waals surface area contributed by atoms with Gasteiger partial charge in [0.15, 0.2) is 0 Å². The Morgan fingerprint density at radius 2 is 1.53 bits per heavy atom. The molecule has 0 spiro atoms. The van der Waals surface area contributed by atoms with Crippen molar-refractivity contribution in [3.63, 3.8) is 0 Å². The third-order valence-electron chi connectivity index (χ3n) is 2.23. The predicted molar refractivity (Wildman–Crippen MR) is 53.7 cm³/mol. The first-order chi connectivity index (χ1) is 7.64. The molecule has 6 heteroatoms. The van der Waals surface area contributed by atoms with Gasteiger partial charge in [-0.3, -0.25) is 0 Å². The molecule has 0 heterocycles. The third-order valence-corrected chi connectivity index (χ3v) is 2.23. The number of nitrogens with two attached hydrogens (primary N) is 1. The Bertz CT molecular complexity index is 366. The van der Waals surface area contributed by atoms with E-state index in [2.05, 4.69) is 0 Å². The molecule has 2 N–H and O–H groups in total. The van der Waals surface area contributed by atoms with Crippen LogP contribution in [0.5, 0.6) is 0 Å². The zero-order valence-electron chi connectivity index (χ0n) is 9.06. The van der Waals surface area contributed by atoms with Crippen LogP contribution < -0.4 is 5.73 Å². The molecule has 1 atom stereocenters. The molecule has 0 radical (unpaired) electrons. The summed E-state index contributed by atoms with van der Waals surface area (Å²) in [4.78, 5) is 0. The zero-order valence-corrected chi connectivity index (χ0v) is 9.06. The van der Waals surface area contributed by atoms with Crippen LogP contribution in [0.3, 0.4) is 0 Å². The van der Waals surface area contributed by atoms with E-state index in [1.807, 2.05) is 0 Å². The van der Waals surface area contributed by atoms with Crippen molar-refractivity contribution >= 4 is 0 Å². The first-order valence-corrected chi connectivity index (χ1v) is 4.94. The Labute approximate surface area is 95.4 Å². The van der Waals surface area contributed by atoms with Crippen molar-refractivity contribution in [2.24, 2.45) is 5.73 Å². The van der Waals surface area contributed by atoms with E-state index in [1.54, 1.807) is 6.92 Å². The minimum Gasteiger partial charge on any atom is -0.328 e. The molecule has 0 aliphatic heterocycles. The summed E-state index contributed by atoms with van der Waals surface area (Å²) in [7, 11) is 0. The predicted octanol–water partition coefficient (Wildman–Crippen LogP) is 3.23. The fraction of sp³-hybridized carbons (Fsp3) is 0.455. The lowest BCUT2D eigenvalue weighted by Gasteiger charge is -2.20. The minimum atomic E-state index is -5.57. The molecule has 0 aromatic heterocycles. The second-order valence-corrected chi connectivity index (χ2v) is 3.95. The van der Waals surface area contributed by atoms with E-state index in [0.29, 0.717) is 12.0 Å². The Morgan fingerprint density at radius 3 is 1.88 bits per heavy atom. The van der Waals surface area contributed by atoms with Crippen LogP contribution in [0.2, 0.25) is 0 Å². The van der Waals surface area contributed by atoms with E-state index >= 15 is 0 Å². The van der Waals surface area contributed by atoms with Gasteiger partial charge in [0, 0.05) is 11.6 Å². The van der Waals surface area contributed by atoms with E-state index in [9.17, 15) is 22.0 Å². The van der Waals surface area contributed by atoms with Gasteiger partial charge in [-0.1, -0.05) is 24.3 Å². The van der Waals surface area contributed by atoms with Gasteiger partial charge < -0.3 is 5.73 Å². The molecule has 0 saturated carbocycles. The molecule has 0 fully saturated rings. The van der Waals surface area contributed by atoms with Gasteiger partial charge in [-0.05, 0) is 18.9 Å². The number of halogens is 5. The lowest BCUT2D eigenvalue weighted by atomic mass is 10.0. The van der Waals surface area contributed by atoms with E-state index in [-0.39, 0.29) is 6.04 Å². The lowest BCUT2D eigenvalue weighted by Crippen LogP contribution is -2.33. The lowest BCUT2D eigenvalue weighted by molar-refractivity contribution is -0.289. The van der Waals surface area contributed by atoms with E-state index in [0.717, 1.165) is 12.1 Å². The number of benzene rings is 1. The Hall–Kier alpha value is -1.17. The van der Waals surface area contributed by atoms with Crippen molar-refractivity contribution < 1.29 is 22.0 Å². The quantitative estimate of drug-likeness (QED) is 0.822. The van der Waals surface area contributed by atoms with Crippen molar-refractivity contribution in [2.75, 3.05) is 0 Å². The Kier molecular flexibility index (Phi) is 3.76. The van der Waals surface area contributed by atoms with Crippen LogP contribution in [0.1, 0.15) is 18.1 Å². The van der Waals surface area contributed by atoms with Gasteiger partial charge >= 0.3 is 12.1 Å². The van der Waals surface area contributed by atoms with Crippen molar-refractivity contribution in [1.82, 2.24) is 0 Å². The molecule has 96 valence electrons. The Morgan fingerprint density at radius 1 is 1.06 bits per heavy atom. The molecular formula is C11H12F5N. The topological polar surface area (TPSA) is 26.0 Å². The van der Waals surface area contributed by atoms with Crippen LogP contribution in [-0.4, -0.2) is 12.2 Å². The van der Waals surface area contributed by atoms with Crippen LogP contribution in [0.4, 0.5) is 22.0 Å². The maximum absolute atomic E-state index is 12.9. The van der Waals surface area contributed by atoms with Crippen LogP contribution in [0, 0.1) is 0 Å². The molecular weight excluding hydrogens is 241 g/mol. The standard InChI is InChI=1S/C11H12F5N/c1-7(17)6-8-2-4-9(5-3-8)10(12,13)11(14,15)16/h2-5,7H,6,17H2,1H3. The summed E-state index contributed by atoms with van der Waals surface area (Å²) in [6, 6.07) is 3.86. The zero-order chi connectivity index (χ0) is 13.3. The molecule has 0 amide bonds. The fourth-order valence-corrected chi connectivity index (χ4v) is 1.39. The first-order valence-electron chi connectivity index (χ1n) is 4.94. The summed E-state index contributed by atoms with van der Waals surface area (Å²) < 4.78 is 62.0. The molecule has 1 rings (SSSR count). The highest BCUT2D eigenvalue weighted by molar-refractivity contribution is 5.27. The van der Waals surface area contributed by atoms with Crippen LogP contribution in [0.25, 0.3) is 0 Å². The normalized spacial score (nSPS) is 14.8. The van der Waals surface area contributed by atoms with Crippen molar-refractivity contribution in [3.05, 3.63) is 35.4 Å². The molecule has 1 aromatic carbocycles. The fourth-order valence-electron chi connectivity index (χ4n) is 1.39. The van der Waals surface area contributed by atoms with E-state index in [1.165, 1.54) is 12.1 Å². The second-order valence-electron chi connectivity index (χ2n) is 3.95. The van der Waals surface area contributed by atoms with Gasteiger partial charge in [-0.2, -0.15) is 22.0 Å². The van der Waals surface area contributed by atoms with Gasteiger partial charge in [0.25, 0.3) is 0 Å². The van der Waals surface area contributed by atoms with Gasteiger partial charge in [0.05, 0.1) is 0 Å². The smallest absolute Gasteiger partial charge is 0.328 e. The van der Waals surface area contributed by atoms with Crippen LogP contribution in [0.15, 0.2) is 24.3 Å². The second kappa shape index (κ2) is 4.60. The summed E-state index contributed by atoms with van der Waals surface area (Å²) >= 11 is 0. The maximum atomic E-state index is 12.9. The highest BCUT2D eigenvalue weighted by atomic mass is 19.4. The monoisotopic (exact) mass is 253 g/mol. The SMILES string of the molecule is CC(N)Cc1ccc(C(F)(F)C(F)(F)F)cc1. The highest BCUT2D eigenvalue weighted by Gasteiger charge is 2.58. The molecule has 0 saturated heterocycles. The maximum Gasteiger partial charge on any atom is 0.458 e. The van der Waals surface area contributed by atoms with Crippen LogP contribution >= 0.6 is 0 Å². The minimum absolute atomic E-state index is 0.177. The summed E-state index contributed by atoms with van der Waals surface area (Å²) in [6.45, 7) is 1.72. The van der Waals surface area contributed by atoms with Crippen molar-refractivity contribution in [2.45, 2.75) is 31.5 Å². The van der Waals surface area contributed by atoms with Gasteiger partial charge in [0.2, 0.25) is 0 Å². The number of alkyl halides is 5.